The van der Waals surface area contributed by atoms with Gasteiger partial charge in [-0.25, -0.2) is 4.79 Å². The highest BCUT2D eigenvalue weighted by atomic mass is 79.9. The second-order valence-electron chi connectivity index (χ2n) is 5.39. The molecule has 1 aromatic carbocycles. The lowest BCUT2D eigenvalue weighted by atomic mass is 10.2. The molecule has 1 aliphatic rings. The van der Waals surface area contributed by atoms with Crippen LogP contribution in [0.5, 0.6) is 5.75 Å². The average Bonchev–Trinajstić information content (AvgIpc) is 2.40. The number of urea groups is 1. The maximum absolute atomic E-state index is 12.5. The van der Waals surface area contributed by atoms with Crippen molar-refractivity contribution in [2.75, 3.05) is 25.5 Å². The number of nitrogens with one attached hydrogen (secondary N) is 1. The third kappa shape index (κ3) is 3.89. The second-order valence-corrected chi connectivity index (χ2v) is 6.31. The smallest absolute Gasteiger partial charge is 0.322 e. The van der Waals surface area contributed by atoms with Gasteiger partial charge in [-0.3, -0.25) is 0 Å². The number of methoxy groups -OCH3 is 1. The number of carbonyl (C=O) groups excluding carboxylic acids is 1. The molecule has 1 saturated heterocycles. The van der Waals surface area contributed by atoms with Gasteiger partial charge in [-0.1, -0.05) is 15.9 Å². The molecule has 21 heavy (non-hydrogen) atoms. The van der Waals surface area contributed by atoms with Crippen LogP contribution in [-0.2, 0) is 4.74 Å². The van der Waals surface area contributed by atoms with Crippen LogP contribution in [-0.4, -0.2) is 43.3 Å². The molecule has 0 spiro atoms. The number of benzene rings is 1. The molecule has 2 atom stereocenters. The maximum Gasteiger partial charge on any atom is 0.322 e. The lowest BCUT2D eigenvalue weighted by molar-refractivity contribution is -0.0530. The van der Waals surface area contributed by atoms with Crippen molar-refractivity contribution < 1.29 is 14.3 Å². The van der Waals surface area contributed by atoms with Gasteiger partial charge in [0.2, 0.25) is 0 Å². The molecule has 1 aromatic rings. The quantitative estimate of drug-likeness (QED) is 0.883. The van der Waals surface area contributed by atoms with E-state index < -0.39 is 0 Å². The predicted octanol–water partition coefficient (Wildman–Crippen LogP) is 3.41. The summed E-state index contributed by atoms with van der Waals surface area (Å²) in [6, 6.07) is 3.66. The van der Waals surface area contributed by atoms with Crippen LogP contribution < -0.4 is 10.1 Å². The van der Waals surface area contributed by atoms with Crippen molar-refractivity contribution >= 4 is 27.6 Å². The van der Waals surface area contributed by atoms with Crippen LogP contribution in [0.2, 0.25) is 0 Å². The zero-order chi connectivity index (χ0) is 15.6. The first-order valence-corrected chi connectivity index (χ1v) is 7.75. The molecule has 2 rings (SSSR count). The van der Waals surface area contributed by atoms with Crippen molar-refractivity contribution in [3.63, 3.8) is 0 Å². The Kier molecular flexibility index (Phi) is 5.11. The van der Waals surface area contributed by atoms with Crippen molar-refractivity contribution in [3.8, 4) is 5.75 Å². The van der Waals surface area contributed by atoms with Crippen LogP contribution in [0.1, 0.15) is 19.4 Å². The highest BCUT2D eigenvalue weighted by Crippen LogP contribution is 2.32. The number of halogens is 1. The molecule has 1 fully saturated rings. The topological polar surface area (TPSA) is 50.8 Å². The Morgan fingerprint density at radius 2 is 2.00 bits per heavy atom. The zero-order valence-electron chi connectivity index (χ0n) is 12.8. The van der Waals surface area contributed by atoms with Crippen molar-refractivity contribution in [3.05, 3.63) is 22.2 Å². The number of aryl methyl sites for hydroxylation is 1. The van der Waals surface area contributed by atoms with E-state index in [1.807, 2.05) is 32.9 Å². The number of hydrogen-bond donors (Lipinski definition) is 1. The summed E-state index contributed by atoms with van der Waals surface area (Å²) in [4.78, 5) is 14.2. The summed E-state index contributed by atoms with van der Waals surface area (Å²) in [5.41, 5.74) is 1.65. The molecule has 0 saturated carbocycles. The average molecular weight is 357 g/mol. The fourth-order valence-corrected chi connectivity index (χ4v) is 3.11. The molecule has 116 valence electrons. The fraction of sp³-hybridized carbons (Fsp3) is 0.533. The van der Waals surface area contributed by atoms with Gasteiger partial charge in [0.1, 0.15) is 5.75 Å². The Bertz CT molecular complexity index is 526. The number of morpholine rings is 1. The molecule has 0 aromatic heterocycles. The van der Waals surface area contributed by atoms with E-state index in [1.165, 1.54) is 0 Å². The minimum absolute atomic E-state index is 0.0485. The zero-order valence-corrected chi connectivity index (χ0v) is 14.4. The molecule has 2 amide bonds. The van der Waals surface area contributed by atoms with Crippen LogP contribution in [0.3, 0.4) is 0 Å². The number of carbonyl (C=O) groups is 1. The molecule has 6 heteroatoms. The Morgan fingerprint density at radius 1 is 1.38 bits per heavy atom. The van der Waals surface area contributed by atoms with E-state index in [0.29, 0.717) is 24.5 Å². The highest BCUT2D eigenvalue weighted by molar-refractivity contribution is 9.10. The Labute approximate surface area is 133 Å². The van der Waals surface area contributed by atoms with Gasteiger partial charge in [-0.05, 0) is 38.5 Å². The van der Waals surface area contributed by atoms with Gasteiger partial charge in [0, 0.05) is 17.6 Å². The van der Waals surface area contributed by atoms with Gasteiger partial charge in [-0.15, -0.1) is 0 Å². The van der Waals surface area contributed by atoms with E-state index in [9.17, 15) is 4.79 Å². The molecule has 5 nitrogen and oxygen atoms in total. The number of amides is 2. The van der Waals surface area contributed by atoms with E-state index in [4.69, 9.17) is 9.47 Å². The molecule has 1 heterocycles. The molecule has 0 radical (unpaired) electrons. The van der Waals surface area contributed by atoms with Crippen LogP contribution >= 0.6 is 15.9 Å². The number of rotatable bonds is 2. The summed E-state index contributed by atoms with van der Waals surface area (Å²) >= 11 is 3.43. The monoisotopic (exact) mass is 356 g/mol. The van der Waals surface area contributed by atoms with E-state index in [-0.39, 0.29) is 18.2 Å². The summed E-state index contributed by atoms with van der Waals surface area (Å²) in [6.07, 6.45) is 0.0971. The summed E-state index contributed by atoms with van der Waals surface area (Å²) in [6.45, 7) is 7.07. The highest BCUT2D eigenvalue weighted by Gasteiger charge is 2.26. The van der Waals surface area contributed by atoms with Gasteiger partial charge >= 0.3 is 6.03 Å². The first kappa shape index (κ1) is 16.1. The van der Waals surface area contributed by atoms with Gasteiger partial charge in [0.15, 0.2) is 0 Å². The Morgan fingerprint density at radius 3 is 2.57 bits per heavy atom. The Hall–Kier alpha value is -1.27. The third-order valence-corrected chi connectivity index (χ3v) is 3.88. The second kappa shape index (κ2) is 6.66. The van der Waals surface area contributed by atoms with Crippen molar-refractivity contribution in [1.82, 2.24) is 4.90 Å². The predicted molar refractivity (Wildman–Crippen MR) is 86.0 cm³/mol. The molecule has 1 N–H and O–H groups in total. The standard InChI is InChI=1S/C15H21BrN2O3/c1-9-5-12(16)6-13(20-4)14(9)17-15(19)18-7-10(2)21-11(3)8-18/h5-6,10-11H,7-8H2,1-4H3,(H,17,19). The van der Waals surface area contributed by atoms with Crippen molar-refractivity contribution in [2.24, 2.45) is 0 Å². The minimum atomic E-state index is -0.124. The molecular weight excluding hydrogens is 336 g/mol. The van der Waals surface area contributed by atoms with Crippen LogP contribution in [0.15, 0.2) is 16.6 Å². The Balaban J connectivity index is 2.16. The molecule has 1 aliphatic heterocycles. The van der Waals surface area contributed by atoms with Gasteiger partial charge in [-0.2, -0.15) is 0 Å². The van der Waals surface area contributed by atoms with Crippen LogP contribution in [0.4, 0.5) is 10.5 Å². The molecule has 0 bridgehead atoms. The summed E-state index contributed by atoms with van der Waals surface area (Å²) in [5.74, 6) is 0.643. The third-order valence-electron chi connectivity index (χ3n) is 3.42. The van der Waals surface area contributed by atoms with E-state index in [2.05, 4.69) is 21.2 Å². The SMILES string of the molecule is COc1cc(Br)cc(C)c1NC(=O)N1CC(C)OC(C)C1. The van der Waals surface area contributed by atoms with Crippen molar-refractivity contribution in [1.29, 1.82) is 0 Å². The normalized spacial score (nSPS) is 22.0. The van der Waals surface area contributed by atoms with Gasteiger partial charge in [0.25, 0.3) is 0 Å². The van der Waals surface area contributed by atoms with Crippen LogP contribution in [0.25, 0.3) is 0 Å². The molecule has 2 unspecified atom stereocenters. The van der Waals surface area contributed by atoms with E-state index in [0.717, 1.165) is 10.0 Å². The first-order valence-electron chi connectivity index (χ1n) is 6.96. The number of anilines is 1. The molecule has 0 aliphatic carbocycles. The number of ether oxygens (including phenoxy) is 2. The van der Waals surface area contributed by atoms with Gasteiger partial charge < -0.3 is 19.7 Å². The lowest BCUT2D eigenvalue weighted by Gasteiger charge is -2.35. The van der Waals surface area contributed by atoms with E-state index >= 15 is 0 Å². The number of nitrogens with zero attached hydrogens (tertiary/aromatic N) is 1. The number of hydrogen-bond acceptors (Lipinski definition) is 3. The van der Waals surface area contributed by atoms with Crippen molar-refractivity contribution in [2.45, 2.75) is 33.0 Å². The first-order chi connectivity index (χ1) is 9.90. The van der Waals surface area contributed by atoms with E-state index in [1.54, 1.807) is 12.0 Å². The summed E-state index contributed by atoms with van der Waals surface area (Å²) < 4.78 is 11.9. The van der Waals surface area contributed by atoms with Crippen LogP contribution in [0, 0.1) is 6.92 Å². The molecular formula is C15H21BrN2O3. The van der Waals surface area contributed by atoms with Gasteiger partial charge in [0.05, 0.1) is 25.0 Å². The summed E-state index contributed by atoms with van der Waals surface area (Å²) in [5, 5.41) is 2.95. The largest absolute Gasteiger partial charge is 0.495 e. The lowest BCUT2D eigenvalue weighted by Crippen LogP contribution is -2.49. The maximum atomic E-state index is 12.5. The fourth-order valence-electron chi connectivity index (χ4n) is 2.56. The minimum Gasteiger partial charge on any atom is -0.495 e. The summed E-state index contributed by atoms with van der Waals surface area (Å²) in [7, 11) is 1.59.